The summed E-state index contributed by atoms with van der Waals surface area (Å²) in [4.78, 5) is 23.9. The van der Waals surface area contributed by atoms with Crippen molar-refractivity contribution in [1.29, 1.82) is 0 Å². The van der Waals surface area contributed by atoms with E-state index in [2.05, 4.69) is 33.4 Å². The van der Waals surface area contributed by atoms with Crippen LogP contribution in [0.5, 0.6) is 11.5 Å². The molecule has 0 heterocycles. The van der Waals surface area contributed by atoms with Crippen LogP contribution in [-0.4, -0.2) is 25.5 Å². The van der Waals surface area contributed by atoms with Crippen LogP contribution in [0.3, 0.4) is 0 Å². The van der Waals surface area contributed by atoms with Crippen molar-refractivity contribution in [3.8, 4) is 11.5 Å². The molecule has 0 radical (unpaired) electrons. The van der Waals surface area contributed by atoms with Gasteiger partial charge in [-0.3, -0.25) is 20.4 Å². The largest absolute Gasteiger partial charge is 0.496 e. The van der Waals surface area contributed by atoms with Crippen LogP contribution in [-0.2, 0) is 4.79 Å². The number of aryl methyl sites for hydroxylation is 2. The third-order valence-electron chi connectivity index (χ3n) is 3.51. The lowest BCUT2D eigenvalue weighted by Crippen LogP contribution is -2.43. The van der Waals surface area contributed by atoms with Gasteiger partial charge in [-0.25, -0.2) is 0 Å². The zero-order valence-electron chi connectivity index (χ0n) is 14.5. The molecule has 0 atom stereocenters. The van der Waals surface area contributed by atoms with Crippen LogP contribution in [0.4, 0.5) is 0 Å². The predicted octanol–water partition coefficient (Wildman–Crippen LogP) is 3.41. The number of nitrogens with one attached hydrogen (secondary N) is 2. The number of benzene rings is 2. The molecule has 2 aromatic carbocycles. The van der Waals surface area contributed by atoms with E-state index in [0.717, 1.165) is 14.7 Å². The number of hydrogen-bond donors (Lipinski definition) is 2. The standard InChI is InChI=1S/C18H18ClIN2O4/c1-10-6-13(7-11(2)17(10)19)26-9-16(23)21-22-18(24)12-4-5-15(25-3)14(20)8-12/h4-8H,9H2,1-3H3,(H,21,23)(H,22,24). The number of carbonyl (C=O) groups excluding carboxylic acids is 2. The molecular weight excluding hydrogens is 471 g/mol. The fraction of sp³-hybridized carbons (Fsp3) is 0.222. The van der Waals surface area contributed by atoms with E-state index in [1.165, 1.54) is 0 Å². The van der Waals surface area contributed by atoms with Crippen LogP contribution in [0.2, 0.25) is 5.02 Å². The third kappa shape index (κ3) is 5.25. The van der Waals surface area contributed by atoms with Crippen LogP contribution in [0.1, 0.15) is 21.5 Å². The molecule has 2 aromatic rings. The van der Waals surface area contributed by atoms with E-state index in [-0.39, 0.29) is 6.61 Å². The maximum Gasteiger partial charge on any atom is 0.276 e. The molecule has 2 amide bonds. The molecule has 8 heteroatoms. The smallest absolute Gasteiger partial charge is 0.276 e. The van der Waals surface area contributed by atoms with Crippen molar-refractivity contribution >= 4 is 46.0 Å². The highest BCUT2D eigenvalue weighted by molar-refractivity contribution is 14.1. The molecule has 0 saturated heterocycles. The molecule has 0 aliphatic rings. The van der Waals surface area contributed by atoms with Gasteiger partial charge >= 0.3 is 0 Å². The quantitative estimate of drug-likeness (QED) is 0.500. The van der Waals surface area contributed by atoms with Gasteiger partial charge in [0.15, 0.2) is 6.61 Å². The first kappa shape index (κ1) is 20.3. The summed E-state index contributed by atoms with van der Waals surface area (Å²) in [6, 6.07) is 8.46. The molecule has 0 aliphatic heterocycles. The van der Waals surface area contributed by atoms with Gasteiger partial charge in [-0.2, -0.15) is 0 Å². The summed E-state index contributed by atoms with van der Waals surface area (Å²) >= 11 is 8.16. The van der Waals surface area contributed by atoms with Gasteiger partial charge in [0.2, 0.25) is 0 Å². The maximum atomic E-state index is 12.1. The minimum Gasteiger partial charge on any atom is -0.496 e. The van der Waals surface area contributed by atoms with Crippen molar-refractivity contribution in [2.75, 3.05) is 13.7 Å². The van der Waals surface area contributed by atoms with Crippen molar-refractivity contribution in [3.63, 3.8) is 0 Å². The Morgan fingerprint density at radius 2 is 1.77 bits per heavy atom. The fourth-order valence-corrected chi connectivity index (χ4v) is 3.03. The van der Waals surface area contributed by atoms with Gasteiger partial charge < -0.3 is 9.47 Å². The Labute approximate surface area is 170 Å². The Bertz CT molecular complexity index is 819. The molecule has 0 spiro atoms. The van der Waals surface area contributed by atoms with Crippen LogP contribution >= 0.6 is 34.2 Å². The normalized spacial score (nSPS) is 10.2. The van der Waals surface area contributed by atoms with Crippen LogP contribution < -0.4 is 20.3 Å². The second-order valence-electron chi connectivity index (χ2n) is 5.51. The van der Waals surface area contributed by atoms with Crippen molar-refractivity contribution in [3.05, 3.63) is 55.6 Å². The molecule has 6 nitrogen and oxygen atoms in total. The molecule has 0 aromatic heterocycles. The lowest BCUT2D eigenvalue weighted by molar-refractivity contribution is -0.123. The topological polar surface area (TPSA) is 76.7 Å². The Kier molecular flexibility index (Phi) is 7.10. The van der Waals surface area contributed by atoms with Crippen molar-refractivity contribution in [2.45, 2.75) is 13.8 Å². The summed E-state index contributed by atoms with van der Waals surface area (Å²) in [5.41, 5.74) is 6.80. The SMILES string of the molecule is COc1ccc(C(=O)NNC(=O)COc2cc(C)c(Cl)c(C)c2)cc1I. The zero-order valence-corrected chi connectivity index (χ0v) is 17.4. The van der Waals surface area contributed by atoms with E-state index in [9.17, 15) is 9.59 Å². The molecule has 0 aliphatic carbocycles. The Morgan fingerprint density at radius 1 is 1.12 bits per heavy atom. The summed E-state index contributed by atoms with van der Waals surface area (Å²) in [5.74, 6) is 0.299. The number of halogens is 2. The Hall–Kier alpha value is -2.00. The first-order chi connectivity index (χ1) is 12.3. The lowest BCUT2D eigenvalue weighted by atomic mass is 10.1. The highest BCUT2D eigenvalue weighted by atomic mass is 127. The highest BCUT2D eigenvalue weighted by Crippen LogP contribution is 2.25. The molecule has 26 heavy (non-hydrogen) atoms. The number of amides is 2. The van der Waals surface area contributed by atoms with E-state index >= 15 is 0 Å². The molecule has 0 fully saturated rings. The van der Waals surface area contributed by atoms with Crippen LogP contribution in [0.15, 0.2) is 30.3 Å². The summed E-state index contributed by atoms with van der Waals surface area (Å²) < 4.78 is 11.4. The molecule has 0 saturated carbocycles. The van der Waals surface area contributed by atoms with E-state index in [0.29, 0.717) is 22.1 Å². The minimum absolute atomic E-state index is 0.235. The molecular formula is C18H18ClIN2O4. The molecule has 138 valence electrons. The van der Waals surface area contributed by atoms with E-state index in [4.69, 9.17) is 21.1 Å². The van der Waals surface area contributed by atoms with Gasteiger partial charge in [0, 0.05) is 10.6 Å². The monoisotopic (exact) mass is 488 g/mol. The number of hydrazine groups is 1. The molecule has 2 N–H and O–H groups in total. The first-order valence-corrected chi connectivity index (χ1v) is 9.09. The molecule has 2 rings (SSSR count). The summed E-state index contributed by atoms with van der Waals surface area (Å²) in [6.45, 7) is 3.48. The number of methoxy groups -OCH3 is 1. The van der Waals surface area contributed by atoms with E-state index < -0.39 is 11.8 Å². The van der Waals surface area contributed by atoms with E-state index in [1.807, 2.05) is 13.8 Å². The lowest BCUT2D eigenvalue weighted by Gasteiger charge is -2.11. The van der Waals surface area contributed by atoms with Gasteiger partial charge in [0.05, 0.1) is 10.7 Å². The maximum absolute atomic E-state index is 12.1. The second kappa shape index (κ2) is 9.09. The number of ether oxygens (including phenoxy) is 2. The van der Waals surface area contributed by atoms with Crippen LogP contribution in [0.25, 0.3) is 0 Å². The fourth-order valence-electron chi connectivity index (χ4n) is 2.18. The van der Waals surface area contributed by atoms with Crippen molar-refractivity contribution < 1.29 is 19.1 Å². The van der Waals surface area contributed by atoms with Gasteiger partial charge in [-0.05, 0) is 77.9 Å². The average molecular weight is 489 g/mol. The highest BCUT2D eigenvalue weighted by Gasteiger charge is 2.11. The molecule has 0 unspecified atom stereocenters. The third-order valence-corrected chi connectivity index (χ3v) is 4.95. The van der Waals surface area contributed by atoms with Crippen molar-refractivity contribution in [1.82, 2.24) is 10.9 Å². The predicted molar refractivity (Wildman–Crippen MR) is 108 cm³/mol. The van der Waals surface area contributed by atoms with Crippen LogP contribution in [0, 0.1) is 17.4 Å². The average Bonchev–Trinajstić information content (AvgIpc) is 2.62. The summed E-state index contributed by atoms with van der Waals surface area (Å²) in [7, 11) is 1.56. The second-order valence-corrected chi connectivity index (χ2v) is 7.05. The zero-order chi connectivity index (χ0) is 19.3. The molecule has 0 bridgehead atoms. The summed E-state index contributed by atoms with van der Waals surface area (Å²) in [6.07, 6.45) is 0. The summed E-state index contributed by atoms with van der Waals surface area (Å²) in [5, 5.41) is 0.670. The van der Waals surface area contributed by atoms with Gasteiger partial charge in [-0.1, -0.05) is 11.6 Å². The van der Waals surface area contributed by atoms with E-state index in [1.54, 1.807) is 37.4 Å². The number of hydrogen-bond acceptors (Lipinski definition) is 4. The Morgan fingerprint density at radius 3 is 2.35 bits per heavy atom. The first-order valence-electron chi connectivity index (χ1n) is 7.64. The minimum atomic E-state index is -0.480. The Balaban J connectivity index is 1.86. The number of carbonyl (C=O) groups is 2. The van der Waals surface area contributed by atoms with Crippen molar-refractivity contribution in [2.24, 2.45) is 0 Å². The number of rotatable bonds is 5. The van der Waals surface area contributed by atoms with Gasteiger partial charge in [0.25, 0.3) is 11.8 Å². The van der Waals surface area contributed by atoms with Gasteiger partial charge in [-0.15, -0.1) is 0 Å². The van der Waals surface area contributed by atoms with Gasteiger partial charge in [0.1, 0.15) is 11.5 Å².